The second-order valence-corrected chi connectivity index (χ2v) is 11.3. The zero-order valence-corrected chi connectivity index (χ0v) is 26.4. The van der Waals surface area contributed by atoms with Gasteiger partial charge >= 0.3 is 0 Å². The Morgan fingerprint density at radius 1 is 0.489 bits per heavy atom. The Balaban J connectivity index is 1.15. The van der Waals surface area contributed by atoms with Crippen molar-refractivity contribution in [3.05, 3.63) is 132 Å². The summed E-state index contributed by atoms with van der Waals surface area (Å²) in [6.45, 7) is 1.01. The maximum absolute atomic E-state index is 13.1. The van der Waals surface area contributed by atoms with Gasteiger partial charge in [-0.05, 0) is 48.2 Å². The monoisotopic (exact) mass is 634 g/mol. The average Bonchev–Trinajstić information content (AvgIpc) is 3.11. The van der Waals surface area contributed by atoms with Gasteiger partial charge in [0.2, 0.25) is 11.8 Å². The lowest BCUT2D eigenvalue weighted by molar-refractivity contribution is -0.123. The maximum atomic E-state index is 13.1. The van der Waals surface area contributed by atoms with Crippen LogP contribution in [0.4, 0.5) is 0 Å². The van der Waals surface area contributed by atoms with Crippen molar-refractivity contribution in [3.8, 4) is 0 Å². The van der Waals surface area contributed by atoms with Crippen LogP contribution in [0.15, 0.2) is 110 Å². The van der Waals surface area contributed by atoms with Gasteiger partial charge in [-0.1, -0.05) is 79.9 Å². The lowest BCUT2D eigenvalue weighted by Crippen LogP contribution is -2.48. The first-order chi connectivity index (χ1) is 23.0. The third kappa shape index (κ3) is 12.1. The number of nitrogens with zero attached hydrogens (tertiary/aromatic N) is 2. The summed E-state index contributed by atoms with van der Waals surface area (Å²) < 4.78 is 0. The number of aromatic nitrogens is 2. The summed E-state index contributed by atoms with van der Waals surface area (Å²) in [6, 6.07) is 24.2. The molecule has 10 heteroatoms. The standard InChI is InChI=1S/C37H42N6O4/c44-34(30-16-22-38-23-17-30)42-32(26-28-12-6-4-7-13-28)36(46)40-20-10-2-1-3-11-21-41-37(47)33(27-29-14-8-5-9-15-29)43-35(45)31-18-24-39-25-19-31/h4-9,12-19,22-25,32-33H,1-3,10-11,20-21,26-27H2,(H,40,46)(H,41,47)(H,42,44)(H,43,45)/t32-,33-/m0/s1. The first-order valence-corrected chi connectivity index (χ1v) is 16.0. The molecule has 0 bridgehead atoms. The van der Waals surface area contributed by atoms with Crippen molar-refractivity contribution in [2.45, 2.75) is 57.0 Å². The lowest BCUT2D eigenvalue weighted by atomic mass is 10.0. The van der Waals surface area contributed by atoms with Gasteiger partial charge in [-0.15, -0.1) is 0 Å². The SMILES string of the molecule is O=C(N[C@@H](Cc1ccccc1)C(=O)NCCCCCCCNC(=O)[C@H](Cc1ccccc1)NC(=O)c1ccncc1)c1ccncc1. The Bertz CT molecular complexity index is 1420. The van der Waals surface area contributed by atoms with Crippen molar-refractivity contribution >= 4 is 23.6 Å². The first kappa shape index (κ1) is 34.5. The summed E-state index contributed by atoms with van der Waals surface area (Å²) in [5, 5.41) is 11.7. The molecular formula is C37H42N6O4. The molecule has 4 aromatic rings. The summed E-state index contributed by atoms with van der Waals surface area (Å²) in [6.07, 6.45) is 11.3. The van der Waals surface area contributed by atoms with E-state index in [1.54, 1.807) is 49.1 Å². The highest BCUT2D eigenvalue weighted by Gasteiger charge is 2.23. The van der Waals surface area contributed by atoms with Gasteiger partial charge in [0.25, 0.3) is 11.8 Å². The fourth-order valence-corrected chi connectivity index (χ4v) is 5.06. The molecule has 0 saturated heterocycles. The van der Waals surface area contributed by atoms with Crippen molar-refractivity contribution in [2.24, 2.45) is 0 Å². The molecule has 10 nitrogen and oxygen atoms in total. The Morgan fingerprint density at radius 2 is 0.851 bits per heavy atom. The van der Waals surface area contributed by atoms with E-state index in [1.165, 1.54) is 0 Å². The Kier molecular flexibility index (Phi) is 14.1. The van der Waals surface area contributed by atoms with Gasteiger partial charge in [0.15, 0.2) is 0 Å². The third-order valence-electron chi connectivity index (χ3n) is 7.65. The Morgan fingerprint density at radius 3 is 1.23 bits per heavy atom. The number of benzene rings is 2. The average molecular weight is 635 g/mol. The predicted molar refractivity (Wildman–Crippen MR) is 180 cm³/mol. The van der Waals surface area contributed by atoms with Gasteiger partial charge in [0.05, 0.1) is 0 Å². The van der Waals surface area contributed by atoms with Crippen LogP contribution in [-0.4, -0.2) is 58.8 Å². The van der Waals surface area contributed by atoms with E-state index >= 15 is 0 Å². The van der Waals surface area contributed by atoms with Gasteiger partial charge in [-0.2, -0.15) is 0 Å². The minimum atomic E-state index is -0.707. The fourth-order valence-electron chi connectivity index (χ4n) is 5.06. The van der Waals surface area contributed by atoms with E-state index in [0.717, 1.165) is 43.2 Å². The molecule has 2 atom stereocenters. The number of carbonyl (C=O) groups is 4. The van der Waals surface area contributed by atoms with Crippen LogP contribution < -0.4 is 21.3 Å². The van der Waals surface area contributed by atoms with Crippen molar-refractivity contribution in [2.75, 3.05) is 13.1 Å². The Labute approximate surface area is 275 Å². The molecule has 2 heterocycles. The predicted octanol–water partition coefficient (Wildman–Crippen LogP) is 4.04. The highest BCUT2D eigenvalue weighted by molar-refractivity contribution is 5.98. The van der Waals surface area contributed by atoms with E-state index < -0.39 is 12.1 Å². The fraction of sp³-hybridized carbons (Fsp3) is 0.297. The van der Waals surface area contributed by atoms with Crippen molar-refractivity contribution < 1.29 is 19.2 Å². The van der Waals surface area contributed by atoms with Crippen LogP contribution in [0.3, 0.4) is 0 Å². The number of hydrogen-bond donors (Lipinski definition) is 4. The molecule has 0 aliphatic heterocycles. The molecule has 4 amide bonds. The molecule has 0 unspecified atom stereocenters. The summed E-state index contributed by atoms with van der Waals surface area (Å²) >= 11 is 0. The number of rotatable bonds is 18. The highest BCUT2D eigenvalue weighted by Crippen LogP contribution is 2.08. The van der Waals surface area contributed by atoms with E-state index in [1.807, 2.05) is 60.7 Å². The van der Waals surface area contributed by atoms with Crippen LogP contribution in [0.1, 0.15) is 63.9 Å². The van der Waals surface area contributed by atoms with Crippen LogP contribution in [0.2, 0.25) is 0 Å². The molecular weight excluding hydrogens is 592 g/mol. The summed E-state index contributed by atoms with van der Waals surface area (Å²) in [4.78, 5) is 59.5. The molecule has 47 heavy (non-hydrogen) atoms. The minimum absolute atomic E-state index is 0.222. The summed E-state index contributed by atoms with van der Waals surface area (Å²) in [7, 11) is 0. The molecule has 0 fully saturated rings. The number of pyridine rings is 2. The number of carbonyl (C=O) groups excluding carboxylic acids is 4. The molecule has 2 aromatic heterocycles. The van der Waals surface area contributed by atoms with E-state index in [0.29, 0.717) is 37.1 Å². The molecule has 0 aliphatic rings. The zero-order valence-electron chi connectivity index (χ0n) is 26.4. The minimum Gasteiger partial charge on any atom is -0.354 e. The first-order valence-electron chi connectivity index (χ1n) is 16.0. The van der Waals surface area contributed by atoms with Gasteiger partial charge in [0, 0.05) is 61.8 Å². The van der Waals surface area contributed by atoms with Crippen molar-refractivity contribution in [3.63, 3.8) is 0 Å². The van der Waals surface area contributed by atoms with Crippen molar-refractivity contribution in [1.29, 1.82) is 0 Å². The summed E-state index contributed by atoms with van der Waals surface area (Å²) in [5.41, 5.74) is 2.81. The topological polar surface area (TPSA) is 142 Å². The number of hydrogen-bond acceptors (Lipinski definition) is 6. The molecule has 244 valence electrons. The van der Waals surface area contributed by atoms with E-state index in [-0.39, 0.29) is 23.6 Å². The summed E-state index contributed by atoms with van der Waals surface area (Å²) in [5.74, 6) is -1.09. The van der Waals surface area contributed by atoms with E-state index in [4.69, 9.17) is 0 Å². The maximum Gasteiger partial charge on any atom is 0.252 e. The van der Waals surface area contributed by atoms with Gasteiger partial charge in [0.1, 0.15) is 12.1 Å². The Hall–Kier alpha value is -5.38. The second kappa shape index (κ2) is 19.2. The van der Waals surface area contributed by atoms with E-state index in [9.17, 15) is 19.2 Å². The second-order valence-electron chi connectivity index (χ2n) is 11.3. The smallest absolute Gasteiger partial charge is 0.252 e. The number of nitrogens with one attached hydrogen (secondary N) is 4. The molecule has 4 N–H and O–H groups in total. The van der Waals surface area contributed by atoms with Gasteiger partial charge < -0.3 is 21.3 Å². The number of unbranched alkanes of at least 4 members (excludes halogenated alkanes) is 4. The molecule has 0 aliphatic carbocycles. The van der Waals surface area contributed by atoms with Crippen molar-refractivity contribution in [1.82, 2.24) is 31.2 Å². The van der Waals surface area contributed by atoms with Crippen LogP contribution in [0.25, 0.3) is 0 Å². The third-order valence-corrected chi connectivity index (χ3v) is 7.65. The highest BCUT2D eigenvalue weighted by atomic mass is 16.2. The lowest BCUT2D eigenvalue weighted by Gasteiger charge is -2.19. The molecule has 4 rings (SSSR count). The zero-order chi connectivity index (χ0) is 33.1. The molecule has 0 spiro atoms. The molecule has 0 radical (unpaired) electrons. The van der Waals surface area contributed by atoms with E-state index in [2.05, 4.69) is 31.2 Å². The van der Waals surface area contributed by atoms with Crippen LogP contribution >= 0.6 is 0 Å². The molecule has 0 saturated carbocycles. The van der Waals surface area contributed by atoms with Gasteiger partial charge in [-0.3, -0.25) is 29.1 Å². The molecule has 2 aromatic carbocycles. The largest absolute Gasteiger partial charge is 0.354 e. The normalized spacial score (nSPS) is 11.9. The van der Waals surface area contributed by atoms with Crippen LogP contribution in [0, 0.1) is 0 Å². The van der Waals surface area contributed by atoms with Crippen LogP contribution in [-0.2, 0) is 22.4 Å². The van der Waals surface area contributed by atoms with Gasteiger partial charge in [-0.25, -0.2) is 0 Å². The quantitative estimate of drug-likeness (QED) is 0.122. The number of amides is 4. The van der Waals surface area contributed by atoms with Crippen LogP contribution in [0.5, 0.6) is 0 Å².